The van der Waals surface area contributed by atoms with E-state index in [-0.39, 0.29) is 21.9 Å². The van der Waals surface area contributed by atoms with Gasteiger partial charge in [0.2, 0.25) is 5.95 Å². The number of carbonyl (C=O) groups is 1. The van der Waals surface area contributed by atoms with Gasteiger partial charge >= 0.3 is 6.09 Å². The summed E-state index contributed by atoms with van der Waals surface area (Å²) in [5.41, 5.74) is 2.13. The van der Waals surface area contributed by atoms with Crippen molar-refractivity contribution in [1.82, 2.24) is 9.97 Å². The van der Waals surface area contributed by atoms with E-state index in [1.165, 1.54) is 19.2 Å². The fraction of sp³-hybridized carbons (Fsp3) is 0.125. The third kappa shape index (κ3) is 3.36. The van der Waals surface area contributed by atoms with Gasteiger partial charge in [-0.3, -0.25) is 9.87 Å². The molecule has 3 aromatic rings. The predicted molar refractivity (Wildman–Crippen MR) is 97.1 cm³/mol. The van der Waals surface area contributed by atoms with Crippen LogP contribution in [0.2, 0.25) is 5.02 Å². The highest BCUT2D eigenvalue weighted by Gasteiger charge is 2.22. The third-order valence-electron chi connectivity index (χ3n) is 3.76. The molecule has 1 heterocycles. The summed E-state index contributed by atoms with van der Waals surface area (Å²) in [6, 6.07) is 7.67. The second-order valence-corrected chi connectivity index (χ2v) is 7.27. The van der Waals surface area contributed by atoms with E-state index < -0.39 is 16.2 Å². The van der Waals surface area contributed by atoms with Crippen molar-refractivity contribution in [3.63, 3.8) is 0 Å². The van der Waals surface area contributed by atoms with Crippen molar-refractivity contribution >= 4 is 44.8 Å². The molecule has 0 spiro atoms. The number of hydrogen-bond donors (Lipinski definition) is 3. The van der Waals surface area contributed by atoms with Crippen molar-refractivity contribution in [2.45, 2.75) is 11.8 Å². The van der Waals surface area contributed by atoms with Gasteiger partial charge in [0.25, 0.3) is 10.1 Å². The number of carbonyl (C=O) groups excluding carboxylic acids is 1. The highest BCUT2D eigenvalue weighted by molar-refractivity contribution is 7.86. The van der Waals surface area contributed by atoms with Gasteiger partial charge < -0.3 is 9.72 Å². The monoisotopic (exact) mass is 395 g/mol. The average molecular weight is 396 g/mol. The molecule has 0 fully saturated rings. The van der Waals surface area contributed by atoms with Gasteiger partial charge in [-0.25, -0.2) is 9.78 Å². The van der Waals surface area contributed by atoms with Crippen LogP contribution in [0, 0.1) is 6.92 Å². The zero-order valence-electron chi connectivity index (χ0n) is 13.7. The number of nitrogens with one attached hydrogen (secondary N) is 2. The number of aromatic amines is 1. The minimum atomic E-state index is -4.52. The number of hydrogen-bond acceptors (Lipinski definition) is 5. The highest BCUT2D eigenvalue weighted by atomic mass is 35.5. The lowest BCUT2D eigenvalue weighted by Crippen LogP contribution is -2.11. The average Bonchev–Trinajstić information content (AvgIpc) is 2.97. The number of methoxy groups -OCH3 is 1. The molecule has 136 valence electrons. The maximum Gasteiger partial charge on any atom is 0.413 e. The number of amides is 1. The molecule has 1 aromatic heterocycles. The van der Waals surface area contributed by atoms with Crippen molar-refractivity contribution in [3.05, 3.63) is 40.9 Å². The minimum absolute atomic E-state index is 0.0683. The predicted octanol–water partition coefficient (Wildman–Crippen LogP) is 3.62. The number of benzene rings is 2. The molecule has 0 bridgehead atoms. The van der Waals surface area contributed by atoms with Gasteiger partial charge in [0, 0.05) is 10.6 Å². The molecule has 10 heteroatoms. The Morgan fingerprint density at radius 3 is 2.65 bits per heavy atom. The number of nitrogens with zero attached hydrogens (tertiary/aromatic N) is 1. The standard InChI is InChI=1S/C16H14ClN3O5S/c1-8-3-4-9(7-10(8)17)13-12(26(22,23)24)6-5-11-14(13)19-15(18-11)20-16(21)25-2/h3-7H,1-2H3,(H,22,23,24)(H2,18,19,20,21). The highest BCUT2D eigenvalue weighted by Crippen LogP contribution is 2.36. The number of rotatable bonds is 3. The molecule has 0 aliphatic heterocycles. The molecule has 0 aliphatic rings. The van der Waals surface area contributed by atoms with E-state index in [4.69, 9.17) is 11.6 Å². The first kappa shape index (κ1) is 18.2. The molecule has 0 atom stereocenters. The Hall–Kier alpha value is -2.62. The summed E-state index contributed by atoms with van der Waals surface area (Å²) in [4.78, 5) is 18.1. The summed E-state index contributed by atoms with van der Waals surface area (Å²) in [5.74, 6) is 0.0683. The lowest BCUT2D eigenvalue weighted by Gasteiger charge is -2.09. The molecule has 0 saturated carbocycles. The van der Waals surface area contributed by atoms with Crippen LogP contribution in [0.1, 0.15) is 5.56 Å². The summed E-state index contributed by atoms with van der Waals surface area (Å²) in [6.45, 7) is 1.81. The maximum atomic E-state index is 11.8. The Morgan fingerprint density at radius 1 is 1.31 bits per heavy atom. The summed E-state index contributed by atoms with van der Waals surface area (Å²) in [6.07, 6.45) is -0.737. The number of halogens is 1. The number of aromatic nitrogens is 2. The van der Waals surface area contributed by atoms with Crippen LogP contribution in [0.3, 0.4) is 0 Å². The van der Waals surface area contributed by atoms with Gasteiger partial charge in [-0.05, 0) is 36.2 Å². The quantitative estimate of drug-likeness (QED) is 0.582. The number of aryl methyl sites for hydroxylation is 1. The largest absolute Gasteiger partial charge is 0.453 e. The first-order chi connectivity index (χ1) is 12.2. The van der Waals surface area contributed by atoms with Crippen LogP contribution in [0.25, 0.3) is 22.2 Å². The summed E-state index contributed by atoms with van der Waals surface area (Å²) < 4.78 is 37.8. The second-order valence-electron chi connectivity index (χ2n) is 5.48. The van der Waals surface area contributed by atoms with Crippen LogP contribution in [-0.2, 0) is 14.9 Å². The van der Waals surface area contributed by atoms with Gasteiger partial charge in [-0.15, -0.1) is 0 Å². The van der Waals surface area contributed by atoms with Crippen molar-refractivity contribution in [2.24, 2.45) is 0 Å². The molecule has 3 N–H and O–H groups in total. The fourth-order valence-corrected chi connectivity index (χ4v) is 3.40. The topological polar surface area (TPSA) is 121 Å². The van der Waals surface area contributed by atoms with E-state index in [0.717, 1.165) is 5.56 Å². The minimum Gasteiger partial charge on any atom is -0.453 e. The van der Waals surface area contributed by atoms with E-state index in [1.54, 1.807) is 18.2 Å². The fourth-order valence-electron chi connectivity index (χ4n) is 2.51. The van der Waals surface area contributed by atoms with Crippen LogP contribution < -0.4 is 5.32 Å². The third-order valence-corrected chi connectivity index (χ3v) is 5.06. The molecule has 26 heavy (non-hydrogen) atoms. The summed E-state index contributed by atoms with van der Waals surface area (Å²) >= 11 is 6.16. The van der Waals surface area contributed by atoms with E-state index in [2.05, 4.69) is 20.0 Å². The molecule has 0 radical (unpaired) electrons. The van der Waals surface area contributed by atoms with E-state index in [0.29, 0.717) is 16.1 Å². The van der Waals surface area contributed by atoms with E-state index >= 15 is 0 Å². The van der Waals surface area contributed by atoms with Gasteiger partial charge in [0.15, 0.2) is 0 Å². The van der Waals surface area contributed by atoms with E-state index in [9.17, 15) is 17.8 Å². The molecule has 0 aliphatic carbocycles. The molecular formula is C16H14ClN3O5S. The lowest BCUT2D eigenvalue weighted by atomic mass is 10.0. The molecule has 3 rings (SSSR count). The van der Waals surface area contributed by atoms with Crippen molar-refractivity contribution in [3.8, 4) is 11.1 Å². The Kier molecular flexibility index (Phi) is 4.61. The molecule has 8 nitrogen and oxygen atoms in total. The SMILES string of the molecule is COC(=O)Nc1nc2c(-c3ccc(C)c(Cl)c3)c(S(=O)(=O)O)ccc2[nH]1. The molecule has 0 unspecified atom stereocenters. The molecule has 1 amide bonds. The number of fused-ring (bicyclic) bond motifs is 1. The number of H-pyrrole nitrogens is 1. The number of ether oxygens (including phenoxy) is 1. The van der Waals surface area contributed by atoms with Crippen LogP contribution in [0.4, 0.5) is 10.7 Å². The molecule has 2 aromatic carbocycles. The molecular weight excluding hydrogens is 382 g/mol. The van der Waals surface area contributed by atoms with Crippen LogP contribution >= 0.6 is 11.6 Å². The Bertz CT molecular complexity index is 1120. The molecule has 0 saturated heterocycles. The Morgan fingerprint density at radius 2 is 2.04 bits per heavy atom. The Balaban J connectivity index is 2.31. The summed E-state index contributed by atoms with van der Waals surface area (Å²) in [7, 11) is -3.32. The van der Waals surface area contributed by atoms with Gasteiger partial charge in [0.05, 0.1) is 18.1 Å². The van der Waals surface area contributed by atoms with Gasteiger partial charge in [0.1, 0.15) is 4.90 Å². The maximum absolute atomic E-state index is 11.8. The first-order valence-corrected chi connectivity index (χ1v) is 9.14. The van der Waals surface area contributed by atoms with Crippen molar-refractivity contribution in [1.29, 1.82) is 0 Å². The second kappa shape index (κ2) is 6.60. The number of imidazole rings is 1. The lowest BCUT2D eigenvalue weighted by molar-refractivity contribution is 0.186. The zero-order chi connectivity index (χ0) is 19.1. The smallest absolute Gasteiger partial charge is 0.413 e. The number of anilines is 1. The zero-order valence-corrected chi connectivity index (χ0v) is 15.3. The van der Waals surface area contributed by atoms with E-state index in [1.807, 2.05) is 6.92 Å². The van der Waals surface area contributed by atoms with Gasteiger partial charge in [-0.1, -0.05) is 23.7 Å². The van der Waals surface area contributed by atoms with Crippen LogP contribution in [0.5, 0.6) is 0 Å². The normalized spacial score (nSPS) is 11.5. The van der Waals surface area contributed by atoms with Crippen molar-refractivity contribution in [2.75, 3.05) is 12.4 Å². The Labute approximate surface area is 153 Å². The van der Waals surface area contributed by atoms with Crippen molar-refractivity contribution < 1.29 is 22.5 Å². The van der Waals surface area contributed by atoms with Gasteiger partial charge in [-0.2, -0.15) is 8.42 Å². The summed E-state index contributed by atoms with van der Waals surface area (Å²) in [5, 5.41) is 2.81. The van der Waals surface area contributed by atoms with Crippen LogP contribution in [0.15, 0.2) is 35.2 Å². The first-order valence-electron chi connectivity index (χ1n) is 7.32. The van der Waals surface area contributed by atoms with Crippen LogP contribution in [-0.4, -0.2) is 36.1 Å².